The van der Waals surface area contributed by atoms with E-state index in [-0.39, 0.29) is 18.0 Å². The number of guanidine groups is 2. The number of rotatable bonds is 3. The van der Waals surface area contributed by atoms with Crippen LogP contribution in [-0.2, 0) is 4.84 Å². The summed E-state index contributed by atoms with van der Waals surface area (Å²) >= 11 is 5.87. The van der Waals surface area contributed by atoms with E-state index in [9.17, 15) is 0 Å². The Morgan fingerprint density at radius 1 is 1.25 bits per heavy atom. The van der Waals surface area contributed by atoms with Crippen molar-refractivity contribution in [2.45, 2.75) is 32.5 Å². The highest BCUT2D eigenvalue weighted by Crippen LogP contribution is 2.26. The summed E-state index contributed by atoms with van der Waals surface area (Å²) in [5, 5.41) is 2.14. The summed E-state index contributed by atoms with van der Waals surface area (Å²) in [7, 11) is 0. The van der Waals surface area contributed by atoms with Gasteiger partial charge < -0.3 is 11.5 Å². The molecule has 1 aromatic carbocycles. The number of benzene rings is 1. The zero-order chi connectivity index (χ0) is 14.9. The minimum atomic E-state index is -0.712. The molecule has 1 unspecified atom stereocenters. The van der Waals surface area contributed by atoms with Crippen molar-refractivity contribution in [3.8, 4) is 0 Å². The maximum absolute atomic E-state index is 5.87. The summed E-state index contributed by atoms with van der Waals surface area (Å²) in [6.07, 6.45) is -0.227. The molecular formula is C13H18ClN5O. The van der Waals surface area contributed by atoms with Gasteiger partial charge in [-0.15, -0.1) is 0 Å². The lowest BCUT2D eigenvalue weighted by Gasteiger charge is -2.38. The van der Waals surface area contributed by atoms with E-state index in [0.29, 0.717) is 5.02 Å². The Labute approximate surface area is 123 Å². The lowest BCUT2D eigenvalue weighted by molar-refractivity contribution is -0.191. The van der Waals surface area contributed by atoms with Crippen LogP contribution >= 0.6 is 11.6 Å². The molecule has 20 heavy (non-hydrogen) atoms. The Kier molecular flexibility index (Phi) is 3.87. The van der Waals surface area contributed by atoms with Gasteiger partial charge in [-0.25, -0.2) is 4.99 Å². The van der Waals surface area contributed by atoms with E-state index in [0.717, 1.165) is 5.56 Å². The third-order valence-corrected chi connectivity index (χ3v) is 3.18. The van der Waals surface area contributed by atoms with Gasteiger partial charge in [0.15, 0.2) is 5.66 Å². The number of hydrogen-bond donors (Lipinski definition) is 2. The van der Waals surface area contributed by atoms with Gasteiger partial charge in [0.1, 0.15) is 6.10 Å². The molecule has 0 spiro atoms. The van der Waals surface area contributed by atoms with Gasteiger partial charge in [-0.3, -0.25) is 4.84 Å². The van der Waals surface area contributed by atoms with Gasteiger partial charge in [0.05, 0.1) is 0 Å². The van der Waals surface area contributed by atoms with Crippen molar-refractivity contribution in [3.63, 3.8) is 0 Å². The second-order valence-electron chi connectivity index (χ2n) is 5.03. The van der Waals surface area contributed by atoms with E-state index in [1.54, 1.807) is 0 Å². The van der Waals surface area contributed by atoms with Crippen molar-refractivity contribution < 1.29 is 4.84 Å². The topological polar surface area (TPSA) is 89.2 Å². The average molecular weight is 296 g/mol. The van der Waals surface area contributed by atoms with Crippen LogP contribution in [0, 0.1) is 0 Å². The van der Waals surface area contributed by atoms with Crippen LogP contribution in [0.4, 0.5) is 0 Å². The number of hydrogen-bond acceptors (Lipinski definition) is 6. The minimum Gasteiger partial charge on any atom is -0.368 e. The van der Waals surface area contributed by atoms with E-state index < -0.39 is 5.66 Å². The zero-order valence-electron chi connectivity index (χ0n) is 11.7. The highest BCUT2D eigenvalue weighted by atomic mass is 35.5. The van der Waals surface area contributed by atoms with Crippen molar-refractivity contribution in [3.05, 3.63) is 34.9 Å². The van der Waals surface area contributed by atoms with Crippen LogP contribution in [0.3, 0.4) is 0 Å². The number of nitrogens with two attached hydrogens (primary N) is 2. The normalized spacial score (nSPS) is 19.3. The van der Waals surface area contributed by atoms with Crippen LogP contribution in [0.15, 0.2) is 34.3 Å². The highest BCUT2D eigenvalue weighted by Gasteiger charge is 2.34. The molecule has 1 aliphatic rings. The fourth-order valence-electron chi connectivity index (χ4n) is 1.93. The van der Waals surface area contributed by atoms with E-state index in [1.807, 2.05) is 45.0 Å². The summed E-state index contributed by atoms with van der Waals surface area (Å²) in [4.78, 5) is 14.0. The maximum Gasteiger partial charge on any atom is 0.226 e. The molecule has 7 heteroatoms. The van der Waals surface area contributed by atoms with Crippen LogP contribution < -0.4 is 11.5 Å². The smallest absolute Gasteiger partial charge is 0.226 e. The summed E-state index contributed by atoms with van der Waals surface area (Å²) in [6, 6.07) is 7.42. The first-order valence-corrected chi connectivity index (χ1v) is 6.59. The van der Waals surface area contributed by atoms with E-state index in [2.05, 4.69) is 9.98 Å². The maximum atomic E-state index is 5.87. The third-order valence-electron chi connectivity index (χ3n) is 2.93. The largest absolute Gasteiger partial charge is 0.368 e. The fourth-order valence-corrected chi connectivity index (χ4v) is 2.06. The summed E-state index contributed by atoms with van der Waals surface area (Å²) < 4.78 is 0. The molecule has 2 rings (SSSR count). The number of halogens is 1. The fraction of sp³-hybridized carbons (Fsp3) is 0.385. The average Bonchev–Trinajstić information content (AvgIpc) is 2.33. The van der Waals surface area contributed by atoms with Crippen molar-refractivity contribution in [2.75, 3.05) is 0 Å². The first-order valence-electron chi connectivity index (χ1n) is 6.21. The predicted molar refractivity (Wildman–Crippen MR) is 80.1 cm³/mol. The summed E-state index contributed by atoms with van der Waals surface area (Å²) in [5.41, 5.74) is 11.7. The predicted octanol–water partition coefficient (Wildman–Crippen LogP) is 2.01. The van der Waals surface area contributed by atoms with Crippen molar-refractivity contribution >= 4 is 23.5 Å². The first kappa shape index (κ1) is 14.6. The number of hydroxylamine groups is 2. The van der Waals surface area contributed by atoms with E-state index in [4.69, 9.17) is 27.9 Å². The molecule has 0 fully saturated rings. The van der Waals surface area contributed by atoms with Gasteiger partial charge in [0.25, 0.3) is 0 Å². The van der Waals surface area contributed by atoms with Gasteiger partial charge in [-0.2, -0.15) is 10.1 Å². The minimum absolute atomic E-state index is 0.145. The first-order chi connectivity index (χ1) is 9.29. The molecule has 0 saturated heterocycles. The second kappa shape index (κ2) is 5.30. The molecule has 1 atom stereocenters. The molecule has 1 aliphatic heterocycles. The van der Waals surface area contributed by atoms with Crippen LogP contribution in [-0.4, -0.2) is 22.6 Å². The number of nitrogens with zero attached hydrogens (tertiary/aromatic N) is 3. The van der Waals surface area contributed by atoms with Crippen LogP contribution in [0.5, 0.6) is 0 Å². The molecular weight excluding hydrogens is 278 g/mol. The standard InChI is InChI=1S/C13H18ClN5O/c1-8(9-4-6-10(14)7-5-9)20-19-12(16)17-11(15)18-13(19,2)3/h4-8H,1-3H3,(H4,15,16,17,18). The lowest BCUT2D eigenvalue weighted by Crippen LogP contribution is -2.53. The molecule has 0 saturated carbocycles. The van der Waals surface area contributed by atoms with E-state index >= 15 is 0 Å². The third kappa shape index (κ3) is 3.02. The monoisotopic (exact) mass is 295 g/mol. The van der Waals surface area contributed by atoms with Crippen LogP contribution in [0.25, 0.3) is 0 Å². The van der Waals surface area contributed by atoms with Gasteiger partial charge in [-0.1, -0.05) is 23.7 Å². The zero-order valence-corrected chi connectivity index (χ0v) is 12.4. The van der Waals surface area contributed by atoms with Gasteiger partial charge in [-0.05, 0) is 38.5 Å². The molecule has 1 aromatic rings. The Morgan fingerprint density at radius 2 is 1.85 bits per heavy atom. The SMILES string of the molecule is CC(ON1C(N)=NC(N)=NC1(C)C)c1ccc(Cl)cc1. The van der Waals surface area contributed by atoms with Crippen LogP contribution in [0.1, 0.15) is 32.4 Å². The van der Waals surface area contributed by atoms with Crippen LogP contribution in [0.2, 0.25) is 5.02 Å². The molecule has 108 valence electrons. The molecule has 0 aromatic heterocycles. The van der Waals surface area contributed by atoms with E-state index in [1.165, 1.54) is 5.06 Å². The quantitative estimate of drug-likeness (QED) is 0.892. The Bertz CT molecular complexity index is 552. The Morgan fingerprint density at radius 3 is 2.40 bits per heavy atom. The van der Waals surface area contributed by atoms with Gasteiger partial charge in [0.2, 0.25) is 11.9 Å². The summed E-state index contributed by atoms with van der Waals surface area (Å²) in [6.45, 7) is 5.60. The lowest BCUT2D eigenvalue weighted by atomic mass is 10.1. The molecule has 1 heterocycles. The summed E-state index contributed by atoms with van der Waals surface area (Å²) in [5.74, 6) is 0.329. The van der Waals surface area contributed by atoms with Gasteiger partial charge >= 0.3 is 0 Å². The van der Waals surface area contributed by atoms with Gasteiger partial charge in [0, 0.05) is 5.02 Å². The van der Waals surface area contributed by atoms with Crippen molar-refractivity contribution in [2.24, 2.45) is 21.5 Å². The molecule has 0 bridgehead atoms. The second-order valence-corrected chi connectivity index (χ2v) is 5.46. The molecule has 4 N–H and O–H groups in total. The molecule has 0 amide bonds. The molecule has 0 radical (unpaired) electrons. The van der Waals surface area contributed by atoms with Crippen molar-refractivity contribution in [1.29, 1.82) is 0 Å². The Balaban J connectivity index is 2.17. The molecule has 0 aliphatic carbocycles. The van der Waals surface area contributed by atoms with Crippen molar-refractivity contribution in [1.82, 2.24) is 5.06 Å². The highest BCUT2D eigenvalue weighted by molar-refractivity contribution is 6.30. The Hall–Kier alpha value is -1.79. The molecule has 6 nitrogen and oxygen atoms in total. The number of aliphatic imine (C=N–C) groups is 2.